The van der Waals surface area contributed by atoms with Crippen LogP contribution < -0.4 is 5.32 Å². The molecule has 3 aromatic rings. The molecule has 0 saturated carbocycles. The predicted molar refractivity (Wildman–Crippen MR) is 101 cm³/mol. The van der Waals surface area contributed by atoms with Crippen molar-refractivity contribution < 1.29 is 15.0 Å². The van der Waals surface area contributed by atoms with Crippen LogP contribution in [0.1, 0.15) is 22.3 Å². The molecule has 1 heterocycles. The number of fused-ring (bicyclic) bond motifs is 1. The molecule has 0 radical (unpaired) electrons. The van der Waals surface area contributed by atoms with E-state index in [9.17, 15) is 15.0 Å². The van der Waals surface area contributed by atoms with E-state index in [2.05, 4.69) is 5.32 Å². The van der Waals surface area contributed by atoms with Crippen LogP contribution in [0.25, 0.3) is 0 Å². The van der Waals surface area contributed by atoms with E-state index in [0.29, 0.717) is 16.1 Å². The zero-order chi connectivity index (χ0) is 18.5. The monoisotopic (exact) mass is 365 g/mol. The number of aryl methyl sites for hydroxylation is 1. The zero-order valence-electron chi connectivity index (χ0n) is 14.0. The van der Waals surface area contributed by atoms with Gasteiger partial charge in [0.1, 0.15) is 16.9 Å². The molecule has 3 aromatic carbocycles. The van der Waals surface area contributed by atoms with Crippen molar-refractivity contribution in [2.45, 2.75) is 12.3 Å². The van der Waals surface area contributed by atoms with Crippen LogP contribution in [0.15, 0.2) is 60.7 Å². The summed E-state index contributed by atoms with van der Waals surface area (Å²) in [6.07, 6.45) is 0. The van der Waals surface area contributed by atoms with Gasteiger partial charge in [-0.1, -0.05) is 35.9 Å². The fraction of sp³-hybridized carbons (Fsp3) is 0.0952. The molecule has 1 aliphatic heterocycles. The summed E-state index contributed by atoms with van der Waals surface area (Å²) in [4.78, 5) is 13.3. The third-order valence-electron chi connectivity index (χ3n) is 4.88. The Morgan fingerprint density at radius 3 is 1.88 bits per heavy atom. The number of rotatable bonds is 2. The molecule has 4 nitrogen and oxygen atoms in total. The fourth-order valence-corrected chi connectivity index (χ4v) is 3.97. The summed E-state index contributed by atoms with van der Waals surface area (Å²) in [5, 5.41) is 22.9. The summed E-state index contributed by atoms with van der Waals surface area (Å²) < 4.78 is 0. The van der Waals surface area contributed by atoms with E-state index >= 15 is 0 Å². The van der Waals surface area contributed by atoms with Gasteiger partial charge in [-0.2, -0.15) is 0 Å². The molecule has 0 atom stereocenters. The maximum absolute atomic E-state index is 13.3. The van der Waals surface area contributed by atoms with Crippen molar-refractivity contribution >= 4 is 23.2 Å². The Hall–Kier alpha value is -2.98. The number of nitrogens with one attached hydrogen (secondary N) is 1. The lowest BCUT2D eigenvalue weighted by Gasteiger charge is -2.29. The van der Waals surface area contributed by atoms with Crippen LogP contribution in [0.4, 0.5) is 5.69 Å². The van der Waals surface area contributed by atoms with Gasteiger partial charge in [-0.05, 0) is 60.0 Å². The summed E-state index contributed by atoms with van der Waals surface area (Å²) in [5.74, 6) is 0.0419. The highest BCUT2D eigenvalue weighted by Crippen LogP contribution is 2.49. The number of aromatic hydroxyl groups is 2. The van der Waals surface area contributed by atoms with E-state index in [1.165, 1.54) is 0 Å². The molecule has 0 aliphatic carbocycles. The number of carbonyl (C=O) groups excluding carboxylic acids is 1. The van der Waals surface area contributed by atoms with Crippen LogP contribution in [-0.2, 0) is 10.2 Å². The summed E-state index contributed by atoms with van der Waals surface area (Å²) in [6, 6.07) is 16.7. The Morgan fingerprint density at radius 1 is 0.885 bits per heavy atom. The van der Waals surface area contributed by atoms with Crippen LogP contribution in [0.3, 0.4) is 0 Å². The number of phenols is 2. The van der Waals surface area contributed by atoms with Crippen molar-refractivity contribution in [1.82, 2.24) is 0 Å². The molecule has 0 fully saturated rings. The summed E-state index contributed by atoms with van der Waals surface area (Å²) in [7, 11) is 0. The Kier molecular flexibility index (Phi) is 3.67. The molecule has 26 heavy (non-hydrogen) atoms. The molecule has 1 amide bonds. The van der Waals surface area contributed by atoms with Crippen LogP contribution >= 0.6 is 11.6 Å². The standard InChI is InChI=1S/C21H16ClNO3/c1-12-10-15(22)11-18-19(12)23-20(26)21(18,13-2-6-16(24)7-3-13)14-4-8-17(25)9-5-14/h2-11,24-25H,1H3,(H,23,26). The third kappa shape index (κ3) is 2.26. The van der Waals surface area contributed by atoms with Crippen molar-refractivity contribution in [2.24, 2.45) is 0 Å². The lowest BCUT2D eigenvalue weighted by molar-refractivity contribution is -0.118. The number of hydrogen-bond donors (Lipinski definition) is 3. The number of amides is 1. The number of phenolic OH excluding ortho intramolecular Hbond substituents is 2. The summed E-state index contributed by atoms with van der Waals surface area (Å²) in [6.45, 7) is 1.90. The van der Waals surface area contributed by atoms with Gasteiger partial charge in [0, 0.05) is 16.3 Å². The minimum Gasteiger partial charge on any atom is -0.508 e. The average molecular weight is 366 g/mol. The Labute approximate surface area is 155 Å². The van der Waals surface area contributed by atoms with Gasteiger partial charge in [0.25, 0.3) is 0 Å². The van der Waals surface area contributed by atoms with E-state index < -0.39 is 5.41 Å². The Balaban J connectivity index is 2.10. The van der Waals surface area contributed by atoms with Gasteiger partial charge in [-0.3, -0.25) is 4.79 Å². The molecule has 0 bridgehead atoms. The minimum atomic E-state index is -1.12. The van der Waals surface area contributed by atoms with Crippen LogP contribution in [0, 0.1) is 6.92 Å². The van der Waals surface area contributed by atoms with E-state index in [0.717, 1.165) is 16.8 Å². The molecule has 1 aliphatic rings. The second kappa shape index (κ2) is 5.78. The third-order valence-corrected chi connectivity index (χ3v) is 5.10. The Bertz CT molecular complexity index is 965. The molecule has 3 N–H and O–H groups in total. The van der Waals surface area contributed by atoms with Gasteiger partial charge in [0.05, 0.1) is 0 Å². The first-order valence-corrected chi connectivity index (χ1v) is 8.52. The second-order valence-electron chi connectivity index (χ2n) is 6.44. The van der Waals surface area contributed by atoms with Crippen LogP contribution in [0.5, 0.6) is 11.5 Å². The molecular weight excluding hydrogens is 350 g/mol. The van der Waals surface area contributed by atoms with Gasteiger partial charge in [-0.25, -0.2) is 0 Å². The van der Waals surface area contributed by atoms with Crippen molar-refractivity contribution in [2.75, 3.05) is 5.32 Å². The van der Waals surface area contributed by atoms with Crippen molar-refractivity contribution in [1.29, 1.82) is 0 Å². The van der Waals surface area contributed by atoms with Gasteiger partial charge >= 0.3 is 0 Å². The molecule has 5 heteroatoms. The van der Waals surface area contributed by atoms with E-state index in [-0.39, 0.29) is 17.4 Å². The maximum atomic E-state index is 13.3. The van der Waals surface area contributed by atoms with Crippen molar-refractivity contribution in [3.8, 4) is 11.5 Å². The molecule has 0 unspecified atom stereocenters. The minimum absolute atomic E-state index is 0.121. The molecule has 130 valence electrons. The number of halogens is 1. The zero-order valence-corrected chi connectivity index (χ0v) is 14.7. The Morgan fingerprint density at radius 2 is 1.38 bits per heavy atom. The van der Waals surface area contributed by atoms with Gasteiger partial charge < -0.3 is 15.5 Å². The normalized spacial score (nSPS) is 14.8. The lowest BCUT2D eigenvalue weighted by Crippen LogP contribution is -2.36. The van der Waals surface area contributed by atoms with Gasteiger partial charge in [0.15, 0.2) is 0 Å². The molecule has 4 rings (SSSR count). The van der Waals surface area contributed by atoms with Crippen LogP contribution in [0.2, 0.25) is 5.02 Å². The molecular formula is C21H16ClNO3. The average Bonchev–Trinajstić information content (AvgIpc) is 2.90. The second-order valence-corrected chi connectivity index (χ2v) is 6.88. The largest absolute Gasteiger partial charge is 0.508 e. The predicted octanol–water partition coefficient (Wildman–Crippen LogP) is 4.35. The first-order chi connectivity index (χ1) is 12.4. The molecule has 0 spiro atoms. The van der Waals surface area contributed by atoms with Crippen molar-refractivity contribution in [3.63, 3.8) is 0 Å². The maximum Gasteiger partial charge on any atom is 0.244 e. The van der Waals surface area contributed by atoms with E-state index in [4.69, 9.17) is 11.6 Å². The highest BCUT2D eigenvalue weighted by Gasteiger charge is 2.50. The van der Waals surface area contributed by atoms with Crippen molar-refractivity contribution in [3.05, 3.63) is 87.9 Å². The SMILES string of the molecule is Cc1cc(Cl)cc2c1NC(=O)C2(c1ccc(O)cc1)c1ccc(O)cc1. The highest BCUT2D eigenvalue weighted by molar-refractivity contribution is 6.31. The number of anilines is 1. The van der Waals surface area contributed by atoms with Crippen LogP contribution in [-0.4, -0.2) is 16.1 Å². The summed E-state index contributed by atoms with van der Waals surface area (Å²) in [5.41, 5.74) is 2.66. The topological polar surface area (TPSA) is 69.6 Å². The van der Waals surface area contributed by atoms with Gasteiger partial charge in [-0.15, -0.1) is 0 Å². The first kappa shape index (κ1) is 16.5. The fourth-order valence-electron chi connectivity index (χ4n) is 3.70. The van der Waals surface area contributed by atoms with Gasteiger partial charge in [0.2, 0.25) is 5.91 Å². The summed E-state index contributed by atoms with van der Waals surface area (Å²) >= 11 is 6.31. The highest BCUT2D eigenvalue weighted by atomic mass is 35.5. The van der Waals surface area contributed by atoms with E-state index in [1.807, 2.05) is 13.0 Å². The molecule has 0 saturated heterocycles. The smallest absolute Gasteiger partial charge is 0.244 e. The number of benzene rings is 3. The quantitative estimate of drug-likeness (QED) is 0.632. The lowest BCUT2D eigenvalue weighted by atomic mass is 9.70. The number of carbonyl (C=O) groups is 1. The number of hydrogen-bond acceptors (Lipinski definition) is 3. The first-order valence-electron chi connectivity index (χ1n) is 8.14. The van der Waals surface area contributed by atoms with E-state index in [1.54, 1.807) is 54.6 Å². The molecule has 0 aromatic heterocycles.